The molecule has 4 heteroatoms. The Morgan fingerprint density at radius 3 is 3.00 bits per heavy atom. The largest absolute Gasteiger partial charge is 0.328 e. The monoisotopic (exact) mass is 230 g/mol. The van der Waals surface area contributed by atoms with Gasteiger partial charge < -0.3 is 5.73 Å². The normalized spacial score (nSPS) is 18.2. The number of fused-ring (bicyclic) bond motifs is 1. The SMILES string of the molecule is CC(N)Cc1cccn2nc(C3CCC3)nc12. The van der Waals surface area contributed by atoms with Crippen molar-refractivity contribution in [2.45, 2.75) is 44.6 Å². The van der Waals surface area contributed by atoms with E-state index in [1.165, 1.54) is 24.8 Å². The molecule has 3 rings (SSSR count). The highest BCUT2D eigenvalue weighted by Crippen LogP contribution is 2.34. The van der Waals surface area contributed by atoms with Gasteiger partial charge in [-0.3, -0.25) is 0 Å². The molecule has 90 valence electrons. The fourth-order valence-electron chi connectivity index (χ4n) is 2.32. The molecule has 0 amide bonds. The van der Waals surface area contributed by atoms with Gasteiger partial charge in [-0.1, -0.05) is 12.5 Å². The molecule has 2 heterocycles. The van der Waals surface area contributed by atoms with Gasteiger partial charge >= 0.3 is 0 Å². The van der Waals surface area contributed by atoms with E-state index in [1.54, 1.807) is 0 Å². The van der Waals surface area contributed by atoms with Crippen molar-refractivity contribution in [2.75, 3.05) is 0 Å². The summed E-state index contributed by atoms with van der Waals surface area (Å²) in [6.07, 6.45) is 6.61. The second kappa shape index (κ2) is 4.11. The lowest BCUT2D eigenvalue weighted by atomic mass is 9.85. The van der Waals surface area contributed by atoms with E-state index in [1.807, 2.05) is 23.7 Å². The fourth-order valence-corrected chi connectivity index (χ4v) is 2.32. The minimum Gasteiger partial charge on any atom is -0.328 e. The van der Waals surface area contributed by atoms with Crippen LogP contribution in [0.15, 0.2) is 18.3 Å². The third kappa shape index (κ3) is 1.93. The topological polar surface area (TPSA) is 56.2 Å². The van der Waals surface area contributed by atoms with Crippen LogP contribution >= 0.6 is 0 Å². The van der Waals surface area contributed by atoms with Gasteiger partial charge in [-0.15, -0.1) is 0 Å². The smallest absolute Gasteiger partial charge is 0.158 e. The lowest BCUT2D eigenvalue weighted by Crippen LogP contribution is -2.18. The van der Waals surface area contributed by atoms with Crippen molar-refractivity contribution in [3.8, 4) is 0 Å². The molecule has 0 spiro atoms. The molecule has 2 aromatic rings. The highest BCUT2D eigenvalue weighted by molar-refractivity contribution is 5.47. The predicted octanol–water partition coefficient (Wildman–Crippen LogP) is 1.89. The first-order valence-corrected chi connectivity index (χ1v) is 6.34. The molecule has 0 saturated heterocycles. The Bertz CT molecular complexity index is 525. The minimum absolute atomic E-state index is 0.157. The van der Waals surface area contributed by atoms with Crippen molar-refractivity contribution in [3.63, 3.8) is 0 Å². The molecule has 2 aromatic heterocycles. The van der Waals surface area contributed by atoms with Crippen LogP contribution < -0.4 is 5.73 Å². The van der Waals surface area contributed by atoms with Crippen molar-refractivity contribution in [2.24, 2.45) is 5.73 Å². The molecule has 2 N–H and O–H groups in total. The standard InChI is InChI=1S/C13H18N4/c1-9(14)8-11-6-3-7-17-13(11)15-12(16-17)10-4-2-5-10/h3,6-7,9-10H,2,4-5,8,14H2,1H3. The maximum absolute atomic E-state index is 5.86. The van der Waals surface area contributed by atoms with E-state index >= 15 is 0 Å². The third-order valence-electron chi connectivity index (χ3n) is 3.47. The average Bonchev–Trinajstić information content (AvgIpc) is 2.58. The number of hydrogen-bond acceptors (Lipinski definition) is 3. The lowest BCUT2D eigenvalue weighted by Gasteiger charge is -2.21. The first-order valence-electron chi connectivity index (χ1n) is 6.34. The zero-order chi connectivity index (χ0) is 11.8. The summed E-state index contributed by atoms with van der Waals surface area (Å²) in [5.74, 6) is 1.59. The molecular weight excluding hydrogens is 212 g/mol. The summed E-state index contributed by atoms with van der Waals surface area (Å²) in [6.45, 7) is 2.02. The van der Waals surface area contributed by atoms with Crippen LogP contribution in [0.4, 0.5) is 0 Å². The van der Waals surface area contributed by atoms with E-state index in [0.717, 1.165) is 17.9 Å². The first-order chi connectivity index (χ1) is 8.24. The number of nitrogens with zero attached hydrogens (tertiary/aromatic N) is 3. The zero-order valence-corrected chi connectivity index (χ0v) is 10.1. The third-order valence-corrected chi connectivity index (χ3v) is 3.47. The number of rotatable bonds is 3. The van der Waals surface area contributed by atoms with Crippen LogP contribution in [-0.4, -0.2) is 20.6 Å². The molecule has 1 aliphatic carbocycles. The Morgan fingerprint density at radius 1 is 1.53 bits per heavy atom. The van der Waals surface area contributed by atoms with Crippen LogP contribution in [0.5, 0.6) is 0 Å². The number of pyridine rings is 1. The number of nitrogens with two attached hydrogens (primary N) is 1. The molecule has 4 nitrogen and oxygen atoms in total. The van der Waals surface area contributed by atoms with Crippen molar-refractivity contribution in [1.82, 2.24) is 14.6 Å². The summed E-state index contributed by atoms with van der Waals surface area (Å²) < 4.78 is 1.89. The van der Waals surface area contributed by atoms with Gasteiger partial charge in [0.15, 0.2) is 11.5 Å². The molecule has 0 radical (unpaired) electrons. The van der Waals surface area contributed by atoms with Crippen LogP contribution in [0.2, 0.25) is 0 Å². The Hall–Kier alpha value is -1.42. The van der Waals surface area contributed by atoms with Gasteiger partial charge in [0, 0.05) is 18.2 Å². The molecule has 0 aliphatic heterocycles. The lowest BCUT2D eigenvalue weighted by molar-refractivity contribution is 0.402. The van der Waals surface area contributed by atoms with E-state index < -0.39 is 0 Å². The van der Waals surface area contributed by atoms with Gasteiger partial charge in [0.25, 0.3) is 0 Å². The Balaban J connectivity index is 2.01. The number of aromatic nitrogens is 3. The Kier molecular flexibility index (Phi) is 2.59. The quantitative estimate of drug-likeness (QED) is 0.876. The summed E-state index contributed by atoms with van der Waals surface area (Å²) >= 11 is 0. The fraction of sp³-hybridized carbons (Fsp3) is 0.538. The molecule has 17 heavy (non-hydrogen) atoms. The predicted molar refractivity (Wildman–Crippen MR) is 66.9 cm³/mol. The van der Waals surface area contributed by atoms with Crippen LogP contribution in [0.1, 0.15) is 43.5 Å². The Labute approximate surface area is 101 Å². The highest BCUT2D eigenvalue weighted by Gasteiger charge is 2.24. The first kappa shape index (κ1) is 10.7. The second-order valence-corrected chi connectivity index (χ2v) is 5.08. The molecular formula is C13H18N4. The van der Waals surface area contributed by atoms with E-state index in [9.17, 15) is 0 Å². The summed E-state index contributed by atoms with van der Waals surface area (Å²) in [6, 6.07) is 4.27. The minimum atomic E-state index is 0.157. The summed E-state index contributed by atoms with van der Waals surface area (Å²) in [5.41, 5.74) is 8.04. The van der Waals surface area contributed by atoms with Crippen molar-refractivity contribution >= 4 is 5.65 Å². The van der Waals surface area contributed by atoms with Gasteiger partial charge in [0.2, 0.25) is 0 Å². The van der Waals surface area contributed by atoms with Crippen molar-refractivity contribution < 1.29 is 0 Å². The summed E-state index contributed by atoms with van der Waals surface area (Å²) in [5, 5.41) is 4.57. The van der Waals surface area contributed by atoms with Gasteiger partial charge in [-0.05, 0) is 37.8 Å². The molecule has 0 aromatic carbocycles. The van der Waals surface area contributed by atoms with E-state index in [4.69, 9.17) is 5.73 Å². The average molecular weight is 230 g/mol. The Morgan fingerprint density at radius 2 is 2.35 bits per heavy atom. The molecule has 1 fully saturated rings. The van der Waals surface area contributed by atoms with Crippen LogP contribution in [0, 0.1) is 0 Å². The molecule has 0 bridgehead atoms. The highest BCUT2D eigenvalue weighted by atomic mass is 15.3. The van der Waals surface area contributed by atoms with Gasteiger partial charge in [-0.25, -0.2) is 9.50 Å². The van der Waals surface area contributed by atoms with Crippen LogP contribution in [0.25, 0.3) is 5.65 Å². The van der Waals surface area contributed by atoms with E-state index in [2.05, 4.69) is 16.1 Å². The molecule has 1 atom stereocenters. The maximum Gasteiger partial charge on any atom is 0.158 e. The molecule has 1 unspecified atom stereocenters. The summed E-state index contributed by atoms with van der Waals surface area (Å²) in [7, 11) is 0. The van der Waals surface area contributed by atoms with Gasteiger partial charge in [0.1, 0.15) is 0 Å². The van der Waals surface area contributed by atoms with Crippen LogP contribution in [0.3, 0.4) is 0 Å². The second-order valence-electron chi connectivity index (χ2n) is 5.08. The van der Waals surface area contributed by atoms with Gasteiger partial charge in [0.05, 0.1) is 0 Å². The zero-order valence-electron chi connectivity index (χ0n) is 10.1. The van der Waals surface area contributed by atoms with Crippen LogP contribution in [-0.2, 0) is 6.42 Å². The summed E-state index contributed by atoms with van der Waals surface area (Å²) in [4.78, 5) is 4.68. The van der Waals surface area contributed by atoms with Crippen molar-refractivity contribution in [3.05, 3.63) is 29.7 Å². The van der Waals surface area contributed by atoms with E-state index in [-0.39, 0.29) is 6.04 Å². The number of hydrogen-bond donors (Lipinski definition) is 1. The van der Waals surface area contributed by atoms with Gasteiger partial charge in [-0.2, -0.15) is 5.10 Å². The molecule has 1 saturated carbocycles. The van der Waals surface area contributed by atoms with Crippen molar-refractivity contribution in [1.29, 1.82) is 0 Å². The maximum atomic E-state index is 5.86. The van der Waals surface area contributed by atoms with E-state index in [0.29, 0.717) is 5.92 Å². The molecule has 1 aliphatic rings.